The first kappa shape index (κ1) is 13.1. The van der Waals surface area contributed by atoms with Gasteiger partial charge >= 0.3 is 0 Å². The monoisotopic (exact) mass is 245 g/mol. The van der Waals surface area contributed by atoms with Gasteiger partial charge in [-0.2, -0.15) is 0 Å². The van der Waals surface area contributed by atoms with E-state index in [1.54, 1.807) is 0 Å². The van der Waals surface area contributed by atoms with Crippen LogP contribution in [0.4, 0.5) is 5.69 Å². The fourth-order valence-electron chi connectivity index (χ4n) is 2.80. The summed E-state index contributed by atoms with van der Waals surface area (Å²) in [5, 5.41) is 0. The number of ketones is 1. The Morgan fingerprint density at radius 1 is 1.28 bits per heavy atom. The molecule has 0 amide bonds. The summed E-state index contributed by atoms with van der Waals surface area (Å²) < 4.78 is 0. The number of anilines is 1. The van der Waals surface area contributed by atoms with Crippen LogP contribution < -0.4 is 5.73 Å². The summed E-state index contributed by atoms with van der Waals surface area (Å²) >= 11 is 0. The average molecular weight is 245 g/mol. The third-order valence-electron chi connectivity index (χ3n) is 4.10. The van der Waals surface area contributed by atoms with E-state index < -0.39 is 0 Å². The Bertz CT molecular complexity index is 419. The number of carbonyl (C=O) groups is 1. The van der Waals surface area contributed by atoms with Gasteiger partial charge in [-0.05, 0) is 43.0 Å². The largest absolute Gasteiger partial charge is 0.399 e. The van der Waals surface area contributed by atoms with Crippen molar-refractivity contribution < 1.29 is 4.79 Å². The topological polar surface area (TPSA) is 43.1 Å². The van der Waals surface area contributed by atoms with Crippen molar-refractivity contribution in [3.05, 3.63) is 29.3 Å². The van der Waals surface area contributed by atoms with Gasteiger partial charge < -0.3 is 5.73 Å². The first-order valence-corrected chi connectivity index (χ1v) is 7.06. The molecule has 0 unspecified atom stereocenters. The van der Waals surface area contributed by atoms with Crippen LogP contribution in [0.2, 0.25) is 0 Å². The van der Waals surface area contributed by atoms with Gasteiger partial charge in [-0.1, -0.05) is 32.1 Å². The van der Waals surface area contributed by atoms with Gasteiger partial charge in [-0.15, -0.1) is 0 Å². The van der Waals surface area contributed by atoms with Crippen molar-refractivity contribution in [3.8, 4) is 0 Å². The smallest absolute Gasteiger partial charge is 0.162 e. The molecule has 1 saturated carbocycles. The highest BCUT2D eigenvalue weighted by Gasteiger charge is 2.15. The zero-order chi connectivity index (χ0) is 13.0. The Morgan fingerprint density at radius 3 is 2.67 bits per heavy atom. The third kappa shape index (κ3) is 3.34. The molecule has 0 atom stereocenters. The van der Waals surface area contributed by atoms with Crippen molar-refractivity contribution in [3.63, 3.8) is 0 Å². The standard InChI is InChI=1S/C16H23NO/c1-12-11-14(8-9-15(12)17)16(18)10-7-13-5-3-2-4-6-13/h8-9,11,13H,2-7,10,17H2,1H3. The highest BCUT2D eigenvalue weighted by atomic mass is 16.1. The van der Waals surface area contributed by atoms with Gasteiger partial charge in [-0.3, -0.25) is 4.79 Å². The van der Waals surface area contributed by atoms with E-state index in [1.807, 2.05) is 25.1 Å². The number of hydrogen-bond acceptors (Lipinski definition) is 2. The molecule has 18 heavy (non-hydrogen) atoms. The fourth-order valence-corrected chi connectivity index (χ4v) is 2.80. The SMILES string of the molecule is Cc1cc(C(=O)CCC2CCCCC2)ccc1N. The Kier molecular flexibility index (Phi) is 4.40. The zero-order valence-corrected chi connectivity index (χ0v) is 11.2. The Hall–Kier alpha value is -1.31. The van der Waals surface area contributed by atoms with Crippen molar-refractivity contribution in [2.75, 3.05) is 5.73 Å². The maximum Gasteiger partial charge on any atom is 0.162 e. The predicted molar refractivity (Wildman–Crippen MR) is 75.7 cm³/mol. The molecule has 0 bridgehead atoms. The highest BCUT2D eigenvalue weighted by molar-refractivity contribution is 5.96. The predicted octanol–water partition coefficient (Wildman–Crippen LogP) is 4.12. The normalized spacial score (nSPS) is 16.7. The molecular weight excluding hydrogens is 222 g/mol. The minimum Gasteiger partial charge on any atom is -0.399 e. The summed E-state index contributed by atoms with van der Waals surface area (Å²) in [7, 11) is 0. The van der Waals surface area contributed by atoms with E-state index in [0.29, 0.717) is 6.42 Å². The highest BCUT2D eigenvalue weighted by Crippen LogP contribution is 2.28. The molecule has 0 spiro atoms. The first-order chi connectivity index (χ1) is 8.66. The maximum atomic E-state index is 12.1. The van der Waals surface area contributed by atoms with Gasteiger partial charge in [0.1, 0.15) is 0 Å². The Labute approximate surface area is 110 Å². The molecule has 0 heterocycles. The van der Waals surface area contributed by atoms with Gasteiger partial charge in [-0.25, -0.2) is 0 Å². The van der Waals surface area contributed by atoms with E-state index in [9.17, 15) is 4.79 Å². The van der Waals surface area contributed by atoms with Crippen molar-refractivity contribution in [1.29, 1.82) is 0 Å². The van der Waals surface area contributed by atoms with E-state index in [0.717, 1.165) is 29.2 Å². The summed E-state index contributed by atoms with van der Waals surface area (Å²) in [5.41, 5.74) is 8.35. The molecule has 1 aliphatic rings. The molecule has 1 aliphatic carbocycles. The molecule has 1 aromatic rings. The Morgan fingerprint density at radius 2 is 2.00 bits per heavy atom. The summed E-state index contributed by atoms with van der Waals surface area (Å²) in [5.74, 6) is 1.04. The molecule has 2 N–H and O–H groups in total. The zero-order valence-electron chi connectivity index (χ0n) is 11.2. The molecule has 1 fully saturated rings. The van der Waals surface area contributed by atoms with Crippen LogP contribution in [0.3, 0.4) is 0 Å². The molecule has 0 radical (unpaired) electrons. The van der Waals surface area contributed by atoms with E-state index in [2.05, 4.69) is 0 Å². The molecule has 0 saturated heterocycles. The molecule has 0 aromatic heterocycles. The lowest BCUT2D eigenvalue weighted by molar-refractivity contribution is 0.0970. The Balaban J connectivity index is 1.88. The quantitative estimate of drug-likeness (QED) is 0.640. The third-order valence-corrected chi connectivity index (χ3v) is 4.10. The summed E-state index contributed by atoms with van der Waals surface area (Å²) in [6.45, 7) is 1.95. The number of nitrogens with two attached hydrogens (primary N) is 1. The molecule has 98 valence electrons. The minimum atomic E-state index is 0.267. The van der Waals surface area contributed by atoms with Crippen LogP contribution >= 0.6 is 0 Å². The van der Waals surface area contributed by atoms with Crippen LogP contribution in [0.1, 0.15) is 60.9 Å². The molecule has 2 nitrogen and oxygen atoms in total. The van der Waals surface area contributed by atoms with Crippen molar-refractivity contribution >= 4 is 11.5 Å². The number of carbonyl (C=O) groups excluding carboxylic acids is 1. The summed E-state index contributed by atoms with van der Waals surface area (Å²) in [6, 6.07) is 5.60. The van der Waals surface area contributed by atoms with Gasteiger partial charge in [0.15, 0.2) is 5.78 Å². The first-order valence-electron chi connectivity index (χ1n) is 7.06. The van der Waals surface area contributed by atoms with Crippen molar-refractivity contribution in [2.45, 2.75) is 51.9 Å². The molecule has 2 heteroatoms. The molecular formula is C16H23NO. The number of aryl methyl sites for hydroxylation is 1. The van der Waals surface area contributed by atoms with E-state index in [4.69, 9.17) is 5.73 Å². The number of benzene rings is 1. The minimum absolute atomic E-state index is 0.267. The van der Waals surface area contributed by atoms with Gasteiger partial charge in [0.25, 0.3) is 0 Å². The number of nitrogen functional groups attached to an aromatic ring is 1. The van der Waals surface area contributed by atoms with Crippen molar-refractivity contribution in [2.24, 2.45) is 5.92 Å². The lowest BCUT2D eigenvalue weighted by atomic mass is 9.85. The van der Waals surface area contributed by atoms with Crippen LogP contribution in [0.15, 0.2) is 18.2 Å². The van der Waals surface area contributed by atoms with Crippen LogP contribution in [-0.2, 0) is 0 Å². The lowest BCUT2D eigenvalue weighted by Gasteiger charge is -2.20. The van der Waals surface area contributed by atoms with Crippen LogP contribution in [-0.4, -0.2) is 5.78 Å². The number of rotatable bonds is 4. The van der Waals surface area contributed by atoms with E-state index in [1.165, 1.54) is 32.1 Å². The van der Waals surface area contributed by atoms with Crippen LogP contribution in [0.5, 0.6) is 0 Å². The van der Waals surface area contributed by atoms with Gasteiger partial charge in [0.2, 0.25) is 0 Å². The van der Waals surface area contributed by atoms with Crippen LogP contribution in [0, 0.1) is 12.8 Å². The average Bonchev–Trinajstić information content (AvgIpc) is 2.40. The van der Waals surface area contributed by atoms with E-state index in [-0.39, 0.29) is 5.78 Å². The number of Topliss-reactive ketones (excluding diaryl/α,β-unsaturated/α-hetero) is 1. The van der Waals surface area contributed by atoms with Crippen molar-refractivity contribution in [1.82, 2.24) is 0 Å². The van der Waals surface area contributed by atoms with Gasteiger partial charge in [0.05, 0.1) is 0 Å². The van der Waals surface area contributed by atoms with Gasteiger partial charge in [0, 0.05) is 17.7 Å². The lowest BCUT2D eigenvalue weighted by Crippen LogP contribution is -2.09. The molecule has 1 aromatic carbocycles. The van der Waals surface area contributed by atoms with E-state index >= 15 is 0 Å². The second-order valence-electron chi connectivity index (χ2n) is 5.54. The molecule has 2 rings (SSSR count). The molecule has 0 aliphatic heterocycles. The summed E-state index contributed by atoms with van der Waals surface area (Å²) in [6.07, 6.45) is 8.44. The second kappa shape index (κ2) is 6.03. The second-order valence-corrected chi connectivity index (χ2v) is 5.54. The summed E-state index contributed by atoms with van der Waals surface area (Å²) in [4.78, 5) is 12.1. The number of hydrogen-bond donors (Lipinski definition) is 1. The van der Waals surface area contributed by atoms with Crippen LogP contribution in [0.25, 0.3) is 0 Å². The fraction of sp³-hybridized carbons (Fsp3) is 0.562. The maximum absolute atomic E-state index is 12.1.